The predicted octanol–water partition coefficient (Wildman–Crippen LogP) is 3.41. The zero-order chi connectivity index (χ0) is 14.4. The van der Waals surface area contributed by atoms with Gasteiger partial charge >= 0.3 is 0 Å². The fourth-order valence-electron chi connectivity index (χ4n) is 2.98. The number of hydrogen-bond acceptors (Lipinski definition) is 4. The highest BCUT2D eigenvalue weighted by molar-refractivity contribution is 6.26. The minimum atomic E-state index is -0.260. The van der Waals surface area contributed by atoms with E-state index in [4.69, 9.17) is 4.42 Å². The van der Waals surface area contributed by atoms with Crippen molar-refractivity contribution in [3.8, 4) is 0 Å². The molecule has 0 aliphatic heterocycles. The van der Waals surface area contributed by atoms with Crippen LogP contribution in [-0.4, -0.2) is 16.6 Å². The number of benzene rings is 1. The van der Waals surface area contributed by atoms with Gasteiger partial charge in [0.2, 0.25) is 23.2 Å². The summed E-state index contributed by atoms with van der Waals surface area (Å²) in [6, 6.07) is 6.79. The van der Waals surface area contributed by atoms with Crippen LogP contribution >= 0.6 is 0 Å². The summed E-state index contributed by atoms with van der Waals surface area (Å²) in [6.07, 6.45) is 6.30. The number of carbonyl (C=O) groups is 2. The van der Waals surface area contributed by atoms with E-state index in [0.29, 0.717) is 17.0 Å². The third kappa shape index (κ3) is 1.87. The zero-order valence-corrected chi connectivity index (χ0v) is 11.4. The molecule has 1 aromatic carbocycles. The molecule has 1 saturated carbocycles. The number of rotatable bonds is 1. The molecule has 1 fully saturated rings. The lowest BCUT2D eigenvalue weighted by Crippen LogP contribution is -2.19. The molecule has 0 atom stereocenters. The van der Waals surface area contributed by atoms with E-state index >= 15 is 0 Å². The van der Waals surface area contributed by atoms with E-state index in [1.807, 2.05) is 6.08 Å². The van der Waals surface area contributed by atoms with Gasteiger partial charge in [0.25, 0.3) is 0 Å². The maximum atomic E-state index is 12.4. The SMILES string of the molecule is O=C1c2ccccc2C(=O)c2oc(C=C3CCCC3)nc21. The summed E-state index contributed by atoms with van der Waals surface area (Å²) in [4.78, 5) is 29.0. The molecule has 0 spiro atoms. The number of allylic oxidation sites excluding steroid dienone is 1. The van der Waals surface area contributed by atoms with Gasteiger partial charge in [0.05, 0.1) is 0 Å². The first-order valence-corrected chi connectivity index (χ1v) is 7.13. The molecular formula is C17H13NO3. The van der Waals surface area contributed by atoms with Crippen molar-refractivity contribution in [3.63, 3.8) is 0 Å². The number of carbonyl (C=O) groups excluding carboxylic acids is 2. The molecule has 4 rings (SSSR count). The van der Waals surface area contributed by atoms with Gasteiger partial charge < -0.3 is 4.42 Å². The third-order valence-electron chi connectivity index (χ3n) is 4.05. The van der Waals surface area contributed by atoms with Gasteiger partial charge in [-0.2, -0.15) is 0 Å². The van der Waals surface area contributed by atoms with Gasteiger partial charge in [-0.3, -0.25) is 9.59 Å². The van der Waals surface area contributed by atoms with Gasteiger partial charge in [0.15, 0.2) is 5.69 Å². The Balaban J connectivity index is 1.81. The first-order chi connectivity index (χ1) is 10.2. The fraction of sp³-hybridized carbons (Fsp3) is 0.235. The second kappa shape index (κ2) is 4.52. The summed E-state index contributed by atoms with van der Waals surface area (Å²) in [5.74, 6) is -0.0567. The number of hydrogen-bond donors (Lipinski definition) is 0. The maximum absolute atomic E-state index is 12.4. The number of ketones is 2. The molecule has 2 aliphatic rings. The van der Waals surface area contributed by atoms with Crippen LogP contribution in [0.1, 0.15) is 63.7 Å². The lowest BCUT2D eigenvalue weighted by molar-refractivity contribution is 0.0958. The lowest BCUT2D eigenvalue weighted by atomic mass is 9.91. The second-order valence-corrected chi connectivity index (χ2v) is 5.44. The average Bonchev–Trinajstić information content (AvgIpc) is 3.15. The molecule has 21 heavy (non-hydrogen) atoms. The first kappa shape index (κ1) is 12.3. The van der Waals surface area contributed by atoms with Crippen LogP contribution in [0.5, 0.6) is 0 Å². The molecule has 0 N–H and O–H groups in total. The van der Waals surface area contributed by atoms with Crippen molar-refractivity contribution in [1.82, 2.24) is 4.98 Å². The zero-order valence-electron chi connectivity index (χ0n) is 11.4. The number of fused-ring (bicyclic) bond motifs is 2. The molecular weight excluding hydrogens is 266 g/mol. The number of nitrogens with zero attached hydrogens (tertiary/aromatic N) is 1. The summed E-state index contributed by atoms with van der Waals surface area (Å²) in [6.45, 7) is 0. The predicted molar refractivity (Wildman–Crippen MR) is 76.3 cm³/mol. The summed E-state index contributed by atoms with van der Waals surface area (Å²) in [5, 5.41) is 0. The Labute approximate surface area is 121 Å². The van der Waals surface area contributed by atoms with Crippen LogP contribution in [-0.2, 0) is 0 Å². The molecule has 2 aromatic rings. The van der Waals surface area contributed by atoms with Gasteiger partial charge in [0.1, 0.15) is 0 Å². The molecule has 0 unspecified atom stereocenters. The van der Waals surface area contributed by atoms with Crippen LogP contribution in [0.4, 0.5) is 0 Å². The Kier molecular flexibility index (Phi) is 2.64. The molecule has 1 heterocycles. The summed E-state index contributed by atoms with van der Waals surface area (Å²) in [7, 11) is 0. The Bertz CT molecular complexity index is 738. The molecule has 104 valence electrons. The third-order valence-corrected chi connectivity index (χ3v) is 4.05. The van der Waals surface area contributed by atoms with Crippen LogP contribution in [0.2, 0.25) is 0 Å². The van der Waals surface area contributed by atoms with Crippen molar-refractivity contribution >= 4 is 17.6 Å². The Morgan fingerprint density at radius 2 is 1.67 bits per heavy atom. The van der Waals surface area contributed by atoms with E-state index in [1.165, 1.54) is 18.4 Å². The van der Waals surface area contributed by atoms with E-state index in [9.17, 15) is 9.59 Å². The molecule has 0 radical (unpaired) electrons. The lowest BCUT2D eigenvalue weighted by Gasteiger charge is -2.10. The molecule has 4 heteroatoms. The summed E-state index contributed by atoms with van der Waals surface area (Å²) >= 11 is 0. The normalized spacial score (nSPS) is 16.9. The van der Waals surface area contributed by atoms with Crippen LogP contribution in [0.25, 0.3) is 6.08 Å². The minimum absolute atomic E-state index is 0.0727. The Morgan fingerprint density at radius 1 is 1.00 bits per heavy atom. The molecule has 4 nitrogen and oxygen atoms in total. The fourth-order valence-corrected chi connectivity index (χ4v) is 2.98. The van der Waals surface area contributed by atoms with Gasteiger partial charge in [-0.15, -0.1) is 0 Å². The van der Waals surface area contributed by atoms with Crippen molar-refractivity contribution in [1.29, 1.82) is 0 Å². The summed E-state index contributed by atoms with van der Waals surface area (Å²) < 4.78 is 5.55. The van der Waals surface area contributed by atoms with Gasteiger partial charge in [-0.05, 0) is 31.8 Å². The van der Waals surface area contributed by atoms with E-state index in [1.54, 1.807) is 24.3 Å². The molecule has 2 aliphatic carbocycles. The van der Waals surface area contributed by atoms with Gasteiger partial charge in [-0.25, -0.2) is 4.98 Å². The monoisotopic (exact) mass is 279 g/mol. The Morgan fingerprint density at radius 3 is 2.38 bits per heavy atom. The van der Waals surface area contributed by atoms with Gasteiger partial charge in [-0.1, -0.05) is 29.8 Å². The topological polar surface area (TPSA) is 60.2 Å². The highest BCUT2D eigenvalue weighted by atomic mass is 16.4. The van der Waals surface area contributed by atoms with Crippen LogP contribution in [0, 0.1) is 0 Å². The Hall–Kier alpha value is -2.49. The van der Waals surface area contributed by atoms with Crippen molar-refractivity contribution in [3.05, 3.63) is 58.3 Å². The van der Waals surface area contributed by atoms with Crippen LogP contribution in [0.3, 0.4) is 0 Å². The van der Waals surface area contributed by atoms with Crippen molar-refractivity contribution in [2.45, 2.75) is 25.7 Å². The molecule has 1 aromatic heterocycles. The second-order valence-electron chi connectivity index (χ2n) is 5.44. The van der Waals surface area contributed by atoms with Crippen molar-refractivity contribution in [2.24, 2.45) is 0 Å². The average molecular weight is 279 g/mol. The number of aromatic nitrogens is 1. The largest absolute Gasteiger partial charge is 0.432 e. The molecule has 0 saturated heterocycles. The summed E-state index contributed by atoms with van der Waals surface area (Å²) in [5.41, 5.74) is 2.21. The quantitative estimate of drug-likeness (QED) is 0.685. The van der Waals surface area contributed by atoms with E-state index < -0.39 is 0 Å². The van der Waals surface area contributed by atoms with Crippen LogP contribution in [0.15, 0.2) is 34.3 Å². The first-order valence-electron chi connectivity index (χ1n) is 7.13. The smallest absolute Gasteiger partial charge is 0.231 e. The van der Waals surface area contributed by atoms with E-state index in [-0.39, 0.29) is 23.0 Å². The number of oxazole rings is 1. The van der Waals surface area contributed by atoms with E-state index in [0.717, 1.165) is 12.8 Å². The highest BCUT2D eigenvalue weighted by Crippen LogP contribution is 2.30. The highest BCUT2D eigenvalue weighted by Gasteiger charge is 2.34. The standard InChI is InChI=1S/C17H13NO3/c19-15-11-7-3-4-8-12(11)16(20)17-14(15)18-13(21-17)9-10-5-1-2-6-10/h3-4,7-9H,1-2,5-6H2. The van der Waals surface area contributed by atoms with Crippen LogP contribution < -0.4 is 0 Å². The molecule has 0 amide bonds. The molecule has 0 bridgehead atoms. The van der Waals surface area contributed by atoms with E-state index in [2.05, 4.69) is 4.98 Å². The van der Waals surface area contributed by atoms with Crippen molar-refractivity contribution < 1.29 is 14.0 Å². The maximum Gasteiger partial charge on any atom is 0.231 e. The minimum Gasteiger partial charge on any atom is -0.432 e. The van der Waals surface area contributed by atoms with Crippen molar-refractivity contribution in [2.75, 3.05) is 0 Å². The van der Waals surface area contributed by atoms with Gasteiger partial charge in [0, 0.05) is 11.1 Å².